The van der Waals surface area contributed by atoms with Gasteiger partial charge in [-0.25, -0.2) is 0 Å². The van der Waals surface area contributed by atoms with Crippen molar-refractivity contribution in [2.75, 3.05) is 6.54 Å². The molecule has 1 atom stereocenters. The summed E-state index contributed by atoms with van der Waals surface area (Å²) in [5.41, 5.74) is 8.19. The molecule has 0 aliphatic carbocycles. The largest absolute Gasteiger partial charge is 0.456 e. The third-order valence-corrected chi connectivity index (χ3v) is 3.30. The van der Waals surface area contributed by atoms with Crippen LogP contribution in [0.2, 0.25) is 0 Å². The number of hydrogen-bond acceptors (Lipinski definition) is 3. The highest BCUT2D eigenvalue weighted by atomic mass is 35.5. The summed E-state index contributed by atoms with van der Waals surface area (Å²) in [4.78, 5) is 0. The van der Waals surface area contributed by atoms with Gasteiger partial charge in [0.05, 0.1) is 0 Å². The highest BCUT2D eigenvalue weighted by Crippen LogP contribution is 2.40. The van der Waals surface area contributed by atoms with Crippen molar-refractivity contribution in [2.24, 2.45) is 5.73 Å². The molecule has 4 heteroatoms. The molecule has 20 heavy (non-hydrogen) atoms. The van der Waals surface area contributed by atoms with Crippen molar-refractivity contribution in [1.82, 2.24) is 0 Å². The lowest BCUT2D eigenvalue weighted by atomic mass is 9.94. The maximum atomic E-state index is 10.4. The molecule has 0 bridgehead atoms. The first-order valence-electron chi connectivity index (χ1n) is 6.24. The van der Waals surface area contributed by atoms with Crippen LogP contribution >= 0.6 is 12.4 Å². The number of fused-ring (bicyclic) bond motifs is 1. The van der Waals surface area contributed by atoms with Crippen LogP contribution in [0.15, 0.2) is 60.2 Å². The number of nitrogens with two attached hydrogens (primary N) is 1. The van der Waals surface area contributed by atoms with E-state index in [2.05, 4.69) is 0 Å². The summed E-state index contributed by atoms with van der Waals surface area (Å²) in [6.45, 7) is 0.264. The minimum Gasteiger partial charge on any atom is -0.456 e. The van der Waals surface area contributed by atoms with Gasteiger partial charge in [-0.15, -0.1) is 12.4 Å². The Morgan fingerprint density at radius 3 is 2.35 bits per heavy atom. The van der Waals surface area contributed by atoms with Crippen LogP contribution in [-0.4, -0.2) is 11.7 Å². The fraction of sp³-hybridized carbons (Fsp3) is 0.125. The highest BCUT2D eigenvalue weighted by molar-refractivity contribution is 5.85. The predicted molar refractivity (Wildman–Crippen MR) is 81.7 cm³/mol. The van der Waals surface area contributed by atoms with E-state index in [1.165, 1.54) is 0 Å². The van der Waals surface area contributed by atoms with Crippen LogP contribution in [0.3, 0.4) is 0 Å². The number of ether oxygens (including phenoxy) is 1. The second kappa shape index (κ2) is 6.09. The maximum absolute atomic E-state index is 10.4. The lowest BCUT2D eigenvalue weighted by Gasteiger charge is -2.27. The van der Waals surface area contributed by atoms with Gasteiger partial charge in [0.15, 0.2) is 0 Å². The molecule has 1 aliphatic heterocycles. The van der Waals surface area contributed by atoms with Gasteiger partial charge >= 0.3 is 0 Å². The third kappa shape index (κ3) is 2.43. The van der Waals surface area contributed by atoms with Gasteiger partial charge in [-0.2, -0.15) is 0 Å². The smallest absolute Gasteiger partial charge is 0.138 e. The number of aliphatic hydroxyl groups is 1. The van der Waals surface area contributed by atoms with Gasteiger partial charge in [0, 0.05) is 23.2 Å². The monoisotopic (exact) mass is 289 g/mol. The second-order valence-electron chi connectivity index (χ2n) is 4.47. The van der Waals surface area contributed by atoms with Crippen molar-refractivity contribution in [3.05, 3.63) is 71.3 Å². The van der Waals surface area contributed by atoms with E-state index < -0.39 is 6.10 Å². The van der Waals surface area contributed by atoms with Crippen molar-refractivity contribution in [2.45, 2.75) is 6.10 Å². The number of rotatable bonds is 2. The standard InChI is InChI=1S/C16H15NO2.ClH/c17-10-13-15(18)12-8-4-5-9-14(12)19-16(13)11-6-2-1-3-7-11;/h1-9,15,18H,10,17H2;1H. The quantitative estimate of drug-likeness (QED) is 0.894. The average Bonchev–Trinajstić information content (AvgIpc) is 2.48. The van der Waals surface area contributed by atoms with E-state index in [0.717, 1.165) is 11.1 Å². The molecule has 0 amide bonds. The molecular weight excluding hydrogens is 274 g/mol. The molecule has 1 unspecified atom stereocenters. The minimum absolute atomic E-state index is 0. The average molecular weight is 290 g/mol. The van der Waals surface area contributed by atoms with Crippen molar-refractivity contribution >= 4 is 18.2 Å². The Labute approximate surface area is 124 Å². The summed E-state index contributed by atoms with van der Waals surface area (Å²) in [6, 6.07) is 17.2. The first-order chi connectivity index (χ1) is 9.31. The Balaban J connectivity index is 0.00000147. The van der Waals surface area contributed by atoms with Gasteiger partial charge in [-0.1, -0.05) is 48.5 Å². The first kappa shape index (κ1) is 14.6. The Morgan fingerprint density at radius 2 is 1.65 bits per heavy atom. The number of hydrogen-bond donors (Lipinski definition) is 2. The lowest BCUT2D eigenvalue weighted by molar-refractivity contribution is 0.201. The summed E-state index contributed by atoms with van der Waals surface area (Å²) in [5, 5.41) is 10.4. The number of halogens is 1. The van der Waals surface area contributed by atoms with E-state index in [0.29, 0.717) is 17.1 Å². The number of para-hydroxylation sites is 1. The normalized spacial score (nSPS) is 17.0. The molecule has 1 aliphatic rings. The Hall–Kier alpha value is -1.81. The van der Waals surface area contributed by atoms with Crippen LogP contribution in [0.5, 0.6) is 5.75 Å². The Bertz CT molecular complexity index is 625. The topological polar surface area (TPSA) is 55.5 Å². The fourth-order valence-electron chi connectivity index (χ4n) is 2.32. The van der Waals surface area contributed by atoms with Crippen LogP contribution in [0, 0.1) is 0 Å². The molecule has 2 aromatic rings. The van der Waals surface area contributed by atoms with E-state index in [4.69, 9.17) is 10.5 Å². The summed E-state index contributed by atoms with van der Waals surface area (Å²) < 4.78 is 5.93. The molecule has 3 N–H and O–H groups in total. The Kier molecular flexibility index (Phi) is 4.45. The van der Waals surface area contributed by atoms with Gasteiger partial charge in [-0.05, 0) is 6.07 Å². The molecule has 0 fully saturated rings. The SMILES string of the molecule is Cl.NCC1=C(c2ccccc2)Oc2ccccc2C1O. The van der Waals surface area contributed by atoms with Gasteiger partial charge in [0.1, 0.15) is 17.6 Å². The van der Waals surface area contributed by atoms with Crippen molar-refractivity contribution in [3.63, 3.8) is 0 Å². The predicted octanol–water partition coefficient (Wildman–Crippen LogP) is 2.90. The van der Waals surface area contributed by atoms with E-state index in [9.17, 15) is 5.11 Å². The molecule has 2 aromatic carbocycles. The minimum atomic E-state index is -0.704. The molecule has 0 spiro atoms. The zero-order chi connectivity index (χ0) is 13.2. The summed E-state index contributed by atoms with van der Waals surface area (Å²) in [5.74, 6) is 1.35. The van der Waals surface area contributed by atoms with E-state index >= 15 is 0 Å². The van der Waals surface area contributed by atoms with Gasteiger partial charge in [0.2, 0.25) is 0 Å². The molecule has 0 aromatic heterocycles. The van der Waals surface area contributed by atoms with Crippen LogP contribution in [-0.2, 0) is 0 Å². The summed E-state index contributed by atoms with van der Waals surface area (Å²) in [6.07, 6.45) is -0.704. The van der Waals surface area contributed by atoms with Crippen LogP contribution in [0.4, 0.5) is 0 Å². The maximum Gasteiger partial charge on any atom is 0.138 e. The second-order valence-corrected chi connectivity index (χ2v) is 4.47. The molecule has 0 saturated carbocycles. The van der Waals surface area contributed by atoms with E-state index in [1.54, 1.807) is 0 Å². The van der Waals surface area contributed by atoms with Crippen LogP contribution in [0.1, 0.15) is 17.2 Å². The van der Waals surface area contributed by atoms with Gasteiger partial charge in [0.25, 0.3) is 0 Å². The van der Waals surface area contributed by atoms with Crippen molar-refractivity contribution in [3.8, 4) is 5.75 Å². The summed E-state index contributed by atoms with van der Waals surface area (Å²) >= 11 is 0. The molecule has 3 rings (SSSR count). The third-order valence-electron chi connectivity index (χ3n) is 3.30. The number of benzene rings is 2. The fourth-order valence-corrected chi connectivity index (χ4v) is 2.32. The lowest BCUT2D eigenvalue weighted by Crippen LogP contribution is -2.20. The van der Waals surface area contributed by atoms with Crippen molar-refractivity contribution < 1.29 is 9.84 Å². The zero-order valence-corrected chi connectivity index (χ0v) is 11.6. The Morgan fingerprint density at radius 1 is 1.00 bits per heavy atom. The zero-order valence-electron chi connectivity index (χ0n) is 10.8. The summed E-state index contributed by atoms with van der Waals surface area (Å²) in [7, 11) is 0. The molecule has 0 radical (unpaired) electrons. The molecular formula is C16H16ClNO2. The van der Waals surface area contributed by atoms with Crippen molar-refractivity contribution in [1.29, 1.82) is 0 Å². The van der Waals surface area contributed by atoms with Crippen LogP contribution < -0.4 is 10.5 Å². The molecule has 104 valence electrons. The first-order valence-corrected chi connectivity index (χ1v) is 6.24. The molecule has 0 saturated heterocycles. The highest BCUT2D eigenvalue weighted by Gasteiger charge is 2.27. The van der Waals surface area contributed by atoms with Crippen LogP contribution in [0.25, 0.3) is 5.76 Å². The van der Waals surface area contributed by atoms with Gasteiger partial charge in [-0.3, -0.25) is 0 Å². The van der Waals surface area contributed by atoms with Gasteiger partial charge < -0.3 is 15.6 Å². The molecule has 3 nitrogen and oxygen atoms in total. The van der Waals surface area contributed by atoms with E-state index in [-0.39, 0.29) is 19.0 Å². The number of aliphatic hydroxyl groups excluding tert-OH is 1. The molecule has 1 heterocycles. The van der Waals surface area contributed by atoms with E-state index in [1.807, 2.05) is 54.6 Å².